The van der Waals surface area contributed by atoms with Gasteiger partial charge in [-0.2, -0.15) is 0 Å². The number of aryl methyl sites for hydroxylation is 1. The summed E-state index contributed by atoms with van der Waals surface area (Å²) in [6, 6.07) is 12.3. The normalized spacial score (nSPS) is 17.0. The number of carbonyl (C=O) groups excluding carboxylic acids is 3. The summed E-state index contributed by atoms with van der Waals surface area (Å²) in [6.45, 7) is 3.22. The van der Waals surface area contributed by atoms with Crippen LogP contribution in [0.4, 0.5) is 11.4 Å². The van der Waals surface area contributed by atoms with Crippen LogP contribution in [0, 0.1) is 0 Å². The van der Waals surface area contributed by atoms with Crippen molar-refractivity contribution in [2.75, 3.05) is 43.9 Å². The van der Waals surface area contributed by atoms with E-state index in [0.29, 0.717) is 23.2 Å². The molecule has 0 saturated carbocycles. The van der Waals surface area contributed by atoms with Gasteiger partial charge in [0.15, 0.2) is 0 Å². The Kier molecular flexibility index (Phi) is 5.81. The molecule has 2 heterocycles. The SMILES string of the molecule is CN1CCN(C(=O)c2ccc(NC(=O)c3ccc4c(c3)CCCC(=O)N4)cc2)CC1. The highest BCUT2D eigenvalue weighted by molar-refractivity contribution is 6.05. The molecular formula is C23H26N4O3. The first-order valence-corrected chi connectivity index (χ1v) is 10.3. The topological polar surface area (TPSA) is 81.8 Å². The van der Waals surface area contributed by atoms with E-state index in [0.717, 1.165) is 50.3 Å². The molecule has 2 N–H and O–H groups in total. The Hall–Kier alpha value is -3.19. The Morgan fingerprint density at radius 1 is 0.933 bits per heavy atom. The van der Waals surface area contributed by atoms with Crippen LogP contribution in [-0.4, -0.2) is 60.7 Å². The summed E-state index contributed by atoms with van der Waals surface area (Å²) in [5.41, 5.74) is 3.56. The van der Waals surface area contributed by atoms with Crippen LogP contribution in [0.2, 0.25) is 0 Å². The summed E-state index contributed by atoms with van der Waals surface area (Å²) in [5, 5.41) is 5.76. The Bertz CT molecular complexity index is 963. The van der Waals surface area contributed by atoms with E-state index in [9.17, 15) is 14.4 Å². The number of piperazine rings is 1. The molecule has 0 bridgehead atoms. The fourth-order valence-corrected chi connectivity index (χ4v) is 3.81. The predicted octanol–water partition coefficient (Wildman–Crippen LogP) is 2.60. The second kappa shape index (κ2) is 8.67. The van der Waals surface area contributed by atoms with Gasteiger partial charge in [0, 0.05) is 55.1 Å². The molecule has 7 heteroatoms. The van der Waals surface area contributed by atoms with Crippen LogP contribution in [0.1, 0.15) is 39.1 Å². The van der Waals surface area contributed by atoms with E-state index in [2.05, 4.69) is 22.6 Å². The van der Waals surface area contributed by atoms with Crippen LogP contribution in [0.5, 0.6) is 0 Å². The largest absolute Gasteiger partial charge is 0.336 e. The molecule has 2 aromatic rings. The van der Waals surface area contributed by atoms with Crippen molar-refractivity contribution in [1.29, 1.82) is 0 Å². The highest BCUT2D eigenvalue weighted by Crippen LogP contribution is 2.24. The van der Waals surface area contributed by atoms with Gasteiger partial charge in [-0.25, -0.2) is 0 Å². The number of likely N-dealkylation sites (N-methyl/N-ethyl adjacent to an activating group) is 1. The first-order valence-electron chi connectivity index (χ1n) is 10.3. The van der Waals surface area contributed by atoms with Crippen LogP contribution >= 0.6 is 0 Å². The summed E-state index contributed by atoms with van der Waals surface area (Å²) in [7, 11) is 2.05. The molecule has 3 amide bonds. The lowest BCUT2D eigenvalue weighted by atomic mass is 10.0. The van der Waals surface area contributed by atoms with Gasteiger partial charge in [0.1, 0.15) is 0 Å². The van der Waals surface area contributed by atoms with Crippen molar-refractivity contribution in [2.24, 2.45) is 0 Å². The fourth-order valence-electron chi connectivity index (χ4n) is 3.81. The second-order valence-corrected chi connectivity index (χ2v) is 7.90. The lowest BCUT2D eigenvalue weighted by Crippen LogP contribution is -2.47. The number of hydrogen-bond donors (Lipinski definition) is 2. The first kappa shape index (κ1) is 20.1. The highest BCUT2D eigenvalue weighted by atomic mass is 16.2. The highest BCUT2D eigenvalue weighted by Gasteiger charge is 2.20. The van der Waals surface area contributed by atoms with Gasteiger partial charge < -0.3 is 20.4 Å². The van der Waals surface area contributed by atoms with E-state index in [1.54, 1.807) is 36.4 Å². The third-order valence-corrected chi connectivity index (χ3v) is 5.67. The molecule has 2 aliphatic rings. The van der Waals surface area contributed by atoms with Gasteiger partial charge in [0.05, 0.1) is 0 Å². The third kappa shape index (κ3) is 4.52. The van der Waals surface area contributed by atoms with Gasteiger partial charge in [-0.15, -0.1) is 0 Å². The van der Waals surface area contributed by atoms with Crippen LogP contribution in [0.25, 0.3) is 0 Å². The van der Waals surface area contributed by atoms with E-state index in [4.69, 9.17) is 0 Å². The monoisotopic (exact) mass is 406 g/mol. The second-order valence-electron chi connectivity index (χ2n) is 7.90. The number of amides is 3. The number of hydrogen-bond acceptors (Lipinski definition) is 4. The molecule has 30 heavy (non-hydrogen) atoms. The average Bonchev–Trinajstić information content (AvgIpc) is 2.94. The number of carbonyl (C=O) groups is 3. The fraction of sp³-hybridized carbons (Fsp3) is 0.348. The van der Waals surface area contributed by atoms with E-state index >= 15 is 0 Å². The minimum atomic E-state index is -0.216. The molecule has 0 unspecified atom stereocenters. The first-order chi connectivity index (χ1) is 14.5. The van der Waals surface area contributed by atoms with Gasteiger partial charge >= 0.3 is 0 Å². The summed E-state index contributed by atoms with van der Waals surface area (Å²) in [5.74, 6) is -0.183. The number of benzene rings is 2. The molecule has 0 radical (unpaired) electrons. The number of anilines is 2. The van der Waals surface area contributed by atoms with E-state index < -0.39 is 0 Å². The molecule has 0 aliphatic carbocycles. The molecule has 7 nitrogen and oxygen atoms in total. The van der Waals surface area contributed by atoms with Gasteiger partial charge in [-0.1, -0.05) is 0 Å². The molecule has 0 atom stereocenters. The number of nitrogens with one attached hydrogen (secondary N) is 2. The van der Waals surface area contributed by atoms with E-state index in [-0.39, 0.29) is 17.7 Å². The van der Waals surface area contributed by atoms with Crippen LogP contribution < -0.4 is 10.6 Å². The number of rotatable bonds is 3. The molecular weight excluding hydrogens is 380 g/mol. The summed E-state index contributed by atoms with van der Waals surface area (Å²) < 4.78 is 0. The zero-order chi connectivity index (χ0) is 21.1. The van der Waals surface area contributed by atoms with Crippen molar-refractivity contribution in [1.82, 2.24) is 9.80 Å². The van der Waals surface area contributed by atoms with Crippen LogP contribution in [0.3, 0.4) is 0 Å². The Balaban J connectivity index is 1.41. The van der Waals surface area contributed by atoms with E-state index in [1.807, 2.05) is 11.0 Å². The molecule has 2 aromatic carbocycles. The summed E-state index contributed by atoms with van der Waals surface area (Å²) in [6.07, 6.45) is 2.03. The zero-order valence-corrected chi connectivity index (χ0v) is 17.1. The van der Waals surface area contributed by atoms with Gasteiger partial charge in [-0.05, 0) is 67.9 Å². The molecule has 2 aliphatic heterocycles. The Morgan fingerprint density at radius 2 is 1.63 bits per heavy atom. The van der Waals surface area contributed by atoms with E-state index in [1.165, 1.54) is 0 Å². The van der Waals surface area contributed by atoms with Gasteiger partial charge in [-0.3, -0.25) is 14.4 Å². The van der Waals surface area contributed by atoms with Crippen molar-refractivity contribution < 1.29 is 14.4 Å². The van der Waals surface area contributed by atoms with Gasteiger partial charge in [0.25, 0.3) is 11.8 Å². The van der Waals surface area contributed by atoms with Crippen LogP contribution in [-0.2, 0) is 11.2 Å². The standard InChI is InChI=1S/C23H26N4O3/c1-26-11-13-27(14-12-26)23(30)16-5-8-19(9-6-16)24-22(29)18-7-10-20-17(15-18)3-2-4-21(28)25-20/h5-10,15H,2-4,11-14H2,1H3,(H,24,29)(H,25,28). The maximum Gasteiger partial charge on any atom is 0.255 e. The summed E-state index contributed by atoms with van der Waals surface area (Å²) in [4.78, 5) is 41.1. The minimum absolute atomic E-state index is 0.0113. The lowest BCUT2D eigenvalue weighted by Gasteiger charge is -2.32. The quantitative estimate of drug-likeness (QED) is 0.821. The van der Waals surface area contributed by atoms with Crippen molar-refractivity contribution >= 4 is 29.1 Å². The number of nitrogens with zero attached hydrogens (tertiary/aromatic N) is 2. The summed E-state index contributed by atoms with van der Waals surface area (Å²) >= 11 is 0. The molecule has 1 fully saturated rings. The van der Waals surface area contributed by atoms with Crippen molar-refractivity contribution in [3.8, 4) is 0 Å². The number of fused-ring (bicyclic) bond motifs is 1. The van der Waals surface area contributed by atoms with Crippen LogP contribution in [0.15, 0.2) is 42.5 Å². The Morgan fingerprint density at radius 3 is 2.37 bits per heavy atom. The molecule has 0 spiro atoms. The molecule has 4 rings (SSSR count). The van der Waals surface area contributed by atoms with Gasteiger partial charge in [0.2, 0.25) is 5.91 Å². The predicted molar refractivity (Wildman–Crippen MR) is 116 cm³/mol. The molecule has 156 valence electrons. The van der Waals surface area contributed by atoms with Crippen molar-refractivity contribution in [2.45, 2.75) is 19.3 Å². The lowest BCUT2D eigenvalue weighted by molar-refractivity contribution is -0.116. The maximum atomic E-state index is 12.7. The maximum absolute atomic E-state index is 12.7. The zero-order valence-electron chi connectivity index (χ0n) is 17.1. The average molecular weight is 406 g/mol. The van der Waals surface area contributed by atoms with Crippen molar-refractivity contribution in [3.05, 3.63) is 59.2 Å². The Labute approximate surface area is 176 Å². The molecule has 1 saturated heterocycles. The van der Waals surface area contributed by atoms with Crippen molar-refractivity contribution in [3.63, 3.8) is 0 Å². The minimum Gasteiger partial charge on any atom is -0.336 e. The third-order valence-electron chi connectivity index (χ3n) is 5.67. The smallest absolute Gasteiger partial charge is 0.255 e. The molecule has 0 aromatic heterocycles.